The van der Waals surface area contributed by atoms with Crippen molar-refractivity contribution in [2.45, 2.75) is 0 Å². The van der Waals surface area contributed by atoms with Crippen molar-refractivity contribution in [1.29, 1.82) is 0 Å². The first-order valence-electron chi connectivity index (χ1n) is 2.73. The molecule has 0 aliphatic carbocycles. The molecule has 0 aliphatic heterocycles. The number of hydrogen-bond acceptors (Lipinski definition) is 5. The van der Waals surface area contributed by atoms with Crippen molar-refractivity contribution >= 4 is 10.3 Å². The molecule has 7 nitrogen and oxygen atoms in total. The number of nitrogens with zero attached hydrogens (tertiary/aromatic N) is 1. The van der Waals surface area contributed by atoms with Gasteiger partial charge in [0.1, 0.15) is 6.26 Å². The van der Waals surface area contributed by atoms with Crippen molar-refractivity contribution in [3.8, 4) is 0 Å². The second-order valence-corrected chi connectivity index (χ2v) is 2.73. The summed E-state index contributed by atoms with van der Waals surface area (Å²) in [4.78, 5) is 10.3. The molecule has 0 atom stereocenters. The van der Waals surface area contributed by atoms with Gasteiger partial charge in [0.25, 0.3) is 0 Å². The van der Waals surface area contributed by atoms with E-state index >= 15 is 0 Å². The summed E-state index contributed by atoms with van der Waals surface area (Å²) < 4.78 is 32.7. The second kappa shape index (κ2) is 4.04. The molecule has 8 heteroatoms. The Morgan fingerprint density at radius 1 is 1.58 bits per heavy atom. The third-order valence-electron chi connectivity index (χ3n) is 0.794. The molecule has 12 heavy (non-hydrogen) atoms. The second-order valence-electron chi connectivity index (χ2n) is 1.44. The van der Waals surface area contributed by atoms with Crippen LogP contribution < -0.4 is 11.5 Å². The van der Waals surface area contributed by atoms with Gasteiger partial charge in [-0.3, -0.25) is 4.55 Å². The minimum absolute atomic E-state index is 0.0764. The Labute approximate surface area is 68.3 Å². The Kier molecular flexibility index (Phi) is 3.67. The van der Waals surface area contributed by atoms with Gasteiger partial charge in [0.05, 0.1) is 6.20 Å². The summed E-state index contributed by atoms with van der Waals surface area (Å²) >= 11 is 0. The average molecular weight is 196 g/mol. The zero-order chi connectivity index (χ0) is 9.78. The van der Waals surface area contributed by atoms with Gasteiger partial charge in [-0.25, -0.2) is 4.79 Å². The minimum atomic E-state index is -4.48. The maximum absolute atomic E-state index is 10.3. The Bertz CT molecular complexity index is 374. The van der Waals surface area contributed by atoms with E-state index in [2.05, 4.69) is 10.2 Å². The third-order valence-corrected chi connectivity index (χ3v) is 1.56. The molecular weight excluding hydrogens is 188 g/mol. The van der Waals surface area contributed by atoms with E-state index in [0.717, 1.165) is 12.5 Å². The van der Waals surface area contributed by atoms with E-state index in [9.17, 15) is 13.2 Å². The first-order valence-corrected chi connectivity index (χ1v) is 4.13. The smallest absolute Gasteiger partial charge is 0.416 e. The van der Waals surface area contributed by atoms with Crippen LogP contribution in [-0.2, 0) is 10.3 Å². The van der Waals surface area contributed by atoms with E-state index in [4.69, 9.17) is 4.55 Å². The Hall–Kier alpha value is -1.12. The monoisotopic (exact) mass is 196 g/mol. The fourth-order valence-corrected chi connectivity index (χ4v) is 0.863. The van der Waals surface area contributed by atoms with Gasteiger partial charge in [-0.1, -0.05) is 0 Å². The predicted octanol–water partition coefficient (Wildman–Crippen LogP) is -1.33. The first-order chi connectivity index (χ1) is 5.52. The minimum Gasteiger partial charge on any atom is -0.416 e. The van der Waals surface area contributed by atoms with Crippen LogP contribution in [0.4, 0.5) is 0 Å². The van der Waals surface area contributed by atoms with E-state index in [1.54, 1.807) is 0 Å². The van der Waals surface area contributed by atoms with Crippen molar-refractivity contribution < 1.29 is 17.4 Å². The van der Waals surface area contributed by atoms with Crippen LogP contribution in [0.2, 0.25) is 0 Å². The van der Waals surface area contributed by atoms with Gasteiger partial charge in [0.2, 0.25) is 0 Å². The maximum atomic E-state index is 10.3. The van der Waals surface area contributed by atoms with Crippen molar-refractivity contribution in [2.75, 3.05) is 7.05 Å². The Balaban J connectivity index is 0.000000561. The molecule has 0 amide bonds. The quantitative estimate of drug-likeness (QED) is 0.537. The first kappa shape index (κ1) is 10.9. The summed E-state index contributed by atoms with van der Waals surface area (Å²) in [5, 5.41) is 0. The normalized spacial score (nSPS) is 10.2. The molecule has 1 aromatic heterocycles. The van der Waals surface area contributed by atoms with Gasteiger partial charge in [-0.15, -0.1) is 0 Å². The lowest BCUT2D eigenvalue weighted by atomic mass is 11.0. The van der Waals surface area contributed by atoms with E-state index in [0.29, 0.717) is 0 Å². The molecular formula is C4H8N2O5S. The van der Waals surface area contributed by atoms with Crippen molar-refractivity contribution in [2.24, 2.45) is 5.73 Å². The van der Waals surface area contributed by atoms with Gasteiger partial charge < -0.3 is 10.2 Å². The topological polar surface area (TPSA) is 116 Å². The maximum Gasteiger partial charge on any atom is 0.434 e. The van der Waals surface area contributed by atoms with E-state index in [-0.39, 0.29) is 3.97 Å². The summed E-state index contributed by atoms with van der Waals surface area (Å²) in [7, 11) is -2.98. The molecule has 0 radical (unpaired) electrons. The largest absolute Gasteiger partial charge is 0.434 e. The van der Waals surface area contributed by atoms with Crippen LogP contribution in [0.5, 0.6) is 0 Å². The van der Waals surface area contributed by atoms with Gasteiger partial charge in [0, 0.05) is 0 Å². The molecule has 0 aromatic carbocycles. The lowest BCUT2D eigenvalue weighted by Crippen LogP contribution is -2.21. The molecule has 0 bridgehead atoms. The standard InChI is InChI=1S/C3H3NO5S.CH5N/c5-3-4(1-2-9-3)10(6,7)8;1-2/h1-2H,(H,6,7,8);2H2,1H3. The van der Waals surface area contributed by atoms with Crippen LogP contribution in [0, 0.1) is 0 Å². The number of oxazole rings is 1. The van der Waals surface area contributed by atoms with Crippen LogP contribution in [0.1, 0.15) is 0 Å². The van der Waals surface area contributed by atoms with Crippen LogP contribution >= 0.6 is 0 Å². The van der Waals surface area contributed by atoms with Crippen molar-refractivity contribution in [3.63, 3.8) is 0 Å². The molecule has 0 saturated carbocycles. The number of aromatic nitrogens is 1. The lowest BCUT2D eigenvalue weighted by molar-refractivity contribution is 0.455. The van der Waals surface area contributed by atoms with E-state index in [1.807, 2.05) is 0 Å². The average Bonchev–Trinajstić information content (AvgIpc) is 2.38. The fraction of sp³-hybridized carbons (Fsp3) is 0.250. The van der Waals surface area contributed by atoms with Gasteiger partial charge in [-0.05, 0) is 7.05 Å². The highest BCUT2D eigenvalue weighted by atomic mass is 32.2. The van der Waals surface area contributed by atoms with Crippen LogP contribution in [0.15, 0.2) is 21.7 Å². The summed E-state index contributed by atoms with van der Waals surface area (Å²) in [6, 6.07) is 0. The summed E-state index contributed by atoms with van der Waals surface area (Å²) in [6.45, 7) is 0. The Morgan fingerprint density at radius 3 is 2.25 bits per heavy atom. The van der Waals surface area contributed by atoms with Gasteiger partial charge in [-0.2, -0.15) is 12.4 Å². The zero-order valence-corrected chi connectivity index (χ0v) is 6.98. The van der Waals surface area contributed by atoms with E-state index < -0.39 is 16.1 Å². The van der Waals surface area contributed by atoms with Gasteiger partial charge >= 0.3 is 16.1 Å². The molecule has 0 saturated heterocycles. The summed E-state index contributed by atoms with van der Waals surface area (Å²) in [6.07, 6.45) is 1.66. The predicted molar refractivity (Wildman–Crippen MR) is 40.0 cm³/mol. The van der Waals surface area contributed by atoms with Crippen LogP contribution in [0.3, 0.4) is 0 Å². The molecule has 1 heterocycles. The molecule has 0 fully saturated rings. The fourth-order valence-electron chi connectivity index (χ4n) is 0.428. The molecule has 0 aliphatic rings. The molecule has 0 spiro atoms. The molecule has 1 rings (SSSR count). The third kappa shape index (κ3) is 2.49. The van der Waals surface area contributed by atoms with Crippen molar-refractivity contribution in [1.82, 2.24) is 3.97 Å². The molecule has 70 valence electrons. The SMILES string of the molecule is CN.O=c1occn1S(=O)(=O)O. The van der Waals surface area contributed by atoms with Crippen LogP contribution in [-0.4, -0.2) is 24.0 Å². The highest BCUT2D eigenvalue weighted by Crippen LogP contribution is 1.86. The van der Waals surface area contributed by atoms with E-state index in [1.165, 1.54) is 7.05 Å². The van der Waals surface area contributed by atoms with Crippen molar-refractivity contribution in [3.05, 3.63) is 23.0 Å². The summed E-state index contributed by atoms with van der Waals surface area (Å²) in [5.74, 6) is -1.14. The number of hydrogen-bond donors (Lipinski definition) is 2. The Morgan fingerprint density at radius 2 is 2.08 bits per heavy atom. The highest BCUT2D eigenvalue weighted by molar-refractivity contribution is 7.84. The number of rotatable bonds is 1. The highest BCUT2D eigenvalue weighted by Gasteiger charge is 2.10. The van der Waals surface area contributed by atoms with Gasteiger partial charge in [0.15, 0.2) is 0 Å². The molecule has 1 aromatic rings. The molecule has 0 unspecified atom stereocenters. The lowest BCUT2D eigenvalue weighted by Gasteiger charge is -1.88. The number of nitrogens with two attached hydrogens (primary N) is 1. The summed E-state index contributed by atoms with van der Waals surface area (Å²) in [5.41, 5.74) is 4.50. The molecule has 3 N–H and O–H groups in total. The van der Waals surface area contributed by atoms with Crippen LogP contribution in [0.25, 0.3) is 0 Å². The zero-order valence-electron chi connectivity index (χ0n) is 6.17.